The highest BCUT2D eigenvalue weighted by Gasteiger charge is 2.40. The van der Waals surface area contributed by atoms with Gasteiger partial charge in [0.25, 0.3) is 0 Å². The Kier molecular flexibility index (Phi) is 5.42. The number of hydrogen-bond acceptors (Lipinski definition) is 4. The van der Waals surface area contributed by atoms with Gasteiger partial charge in [-0.25, -0.2) is 8.42 Å². The third-order valence-corrected chi connectivity index (χ3v) is 8.35. The molecule has 3 aliphatic heterocycles. The summed E-state index contributed by atoms with van der Waals surface area (Å²) < 4.78 is 27.3. The van der Waals surface area contributed by atoms with Crippen molar-refractivity contribution in [3.05, 3.63) is 23.8 Å². The van der Waals surface area contributed by atoms with Gasteiger partial charge < -0.3 is 4.90 Å². The average molecular weight is 420 g/mol. The Morgan fingerprint density at radius 3 is 2.31 bits per heavy atom. The van der Waals surface area contributed by atoms with Crippen LogP contribution in [0, 0.1) is 5.92 Å². The first-order chi connectivity index (χ1) is 13.8. The number of sulfonamides is 1. The maximum absolute atomic E-state index is 13.2. The van der Waals surface area contributed by atoms with Gasteiger partial charge in [0.2, 0.25) is 21.8 Å². The lowest BCUT2D eigenvalue weighted by molar-refractivity contribution is -0.135. The fourth-order valence-corrected chi connectivity index (χ4v) is 6.26. The van der Waals surface area contributed by atoms with Gasteiger partial charge in [-0.05, 0) is 55.4 Å². The Bertz CT molecular complexity index is 916. The zero-order valence-corrected chi connectivity index (χ0v) is 18.0. The number of anilines is 1. The normalized spacial score (nSPS) is 23.4. The molecule has 0 radical (unpaired) electrons. The fourth-order valence-electron chi connectivity index (χ4n) is 4.69. The van der Waals surface area contributed by atoms with Crippen LogP contribution in [0.2, 0.25) is 0 Å². The zero-order valence-electron chi connectivity index (χ0n) is 17.1. The Morgan fingerprint density at radius 1 is 1.03 bits per heavy atom. The molecule has 3 heterocycles. The fraction of sp³-hybridized carbons (Fsp3) is 0.619. The predicted octanol–water partition coefficient (Wildman–Crippen LogP) is 2.01. The molecule has 0 unspecified atom stereocenters. The standard InChI is InChI=1S/C21H29N3O4S/c1-15-7-11-22(12-8-15)21(26)20-14-17-13-18(5-6-19(17)24(20)16(2)25)29(27,28)23-9-3-4-10-23/h5-6,13,15,20H,3-4,7-12,14H2,1-2H3/t20-/m1/s1. The molecule has 3 aliphatic rings. The third-order valence-electron chi connectivity index (χ3n) is 6.46. The lowest BCUT2D eigenvalue weighted by Gasteiger charge is -2.34. The van der Waals surface area contributed by atoms with E-state index in [-0.39, 0.29) is 16.7 Å². The van der Waals surface area contributed by atoms with Crippen molar-refractivity contribution in [1.82, 2.24) is 9.21 Å². The minimum atomic E-state index is -3.53. The van der Waals surface area contributed by atoms with Crippen molar-refractivity contribution in [2.24, 2.45) is 5.92 Å². The molecule has 0 saturated carbocycles. The van der Waals surface area contributed by atoms with Crippen LogP contribution in [0.3, 0.4) is 0 Å². The second-order valence-corrected chi connectivity index (χ2v) is 10.5. The maximum atomic E-state index is 13.2. The summed E-state index contributed by atoms with van der Waals surface area (Å²) in [5.41, 5.74) is 1.41. The summed E-state index contributed by atoms with van der Waals surface area (Å²) in [6.45, 7) is 6.18. The highest BCUT2D eigenvalue weighted by molar-refractivity contribution is 7.89. The quantitative estimate of drug-likeness (QED) is 0.751. The minimum absolute atomic E-state index is 0.0350. The topological polar surface area (TPSA) is 78.0 Å². The van der Waals surface area contributed by atoms with Gasteiger partial charge in [0.15, 0.2) is 0 Å². The number of piperidine rings is 1. The second-order valence-electron chi connectivity index (χ2n) is 8.52. The second kappa shape index (κ2) is 7.72. The molecule has 0 aromatic heterocycles. The van der Waals surface area contributed by atoms with E-state index in [4.69, 9.17) is 0 Å². The number of benzene rings is 1. The molecular weight excluding hydrogens is 390 g/mol. The first-order valence-electron chi connectivity index (χ1n) is 10.5. The Hall–Kier alpha value is -1.93. The molecule has 1 atom stereocenters. The number of fused-ring (bicyclic) bond motifs is 1. The molecule has 0 aliphatic carbocycles. The number of likely N-dealkylation sites (tertiary alicyclic amines) is 1. The minimum Gasteiger partial charge on any atom is -0.341 e. The van der Waals surface area contributed by atoms with E-state index in [1.165, 1.54) is 11.2 Å². The van der Waals surface area contributed by atoms with Crippen molar-refractivity contribution < 1.29 is 18.0 Å². The Labute approximate surface area is 172 Å². The Morgan fingerprint density at radius 2 is 1.69 bits per heavy atom. The van der Waals surface area contributed by atoms with Crippen LogP contribution in [0.1, 0.15) is 45.1 Å². The van der Waals surface area contributed by atoms with E-state index >= 15 is 0 Å². The van der Waals surface area contributed by atoms with Gasteiger partial charge >= 0.3 is 0 Å². The smallest absolute Gasteiger partial charge is 0.246 e. The average Bonchev–Trinajstić information content (AvgIpc) is 3.35. The first kappa shape index (κ1) is 20.3. The molecule has 2 saturated heterocycles. The molecule has 0 N–H and O–H groups in total. The highest BCUT2D eigenvalue weighted by atomic mass is 32.2. The van der Waals surface area contributed by atoms with E-state index in [1.807, 2.05) is 4.90 Å². The molecule has 1 aromatic carbocycles. The summed E-state index contributed by atoms with van der Waals surface area (Å²) in [6, 6.07) is 4.33. The van der Waals surface area contributed by atoms with E-state index < -0.39 is 16.1 Å². The summed E-state index contributed by atoms with van der Waals surface area (Å²) in [4.78, 5) is 29.2. The maximum Gasteiger partial charge on any atom is 0.246 e. The van der Waals surface area contributed by atoms with E-state index in [9.17, 15) is 18.0 Å². The third kappa shape index (κ3) is 3.68. The molecular formula is C21H29N3O4S. The van der Waals surface area contributed by atoms with Gasteiger partial charge in [-0.15, -0.1) is 0 Å². The molecule has 2 fully saturated rings. The molecule has 158 valence electrons. The van der Waals surface area contributed by atoms with Crippen molar-refractivity contribution in [3.8, 4) is 0 Å². The lowest BCUT2D eigenvalue weighted by atomic mass is 9.98. The van der Waals surface area contributed by atoms with Crippen LogP contribution in [0.25, 0.3) is 0 Å². The summed E-state index contributed by atoms with van der Waals surface area (Å²) in [5.74, 6) is 0.386. The largest absolute Gasteiger partial charge is 0.341 e. The van der Waals surface area contributed by atoms with Gasteiger partial charge in [0.05, 0.1) is 4.90 Å². The number of carbonyl (C=O) groups is 2. The molecule has 7 nitrogen and oxygen atoms in total. The van der Waals surface area contributed by atoms with Crippen molar-refractivity contribution in [3.63, 3.8) is 0 Å². The van der Waals surface area contributed by atoms with E-state index in [0.717, 1.165) is 31.2 Å². The number of hydrogen-bond donors (Lipinski definition) is 0. The van der Waals surface area contributed by atoms with E-state index in [1.54, 1.807) is 23.1 Å². The summed E-state index contributed by atoms with van der Waals surface area (Å²) in [6.07, 6.45) is 4.08. The summed E-state index contributed by atoms with van der Waals surface area (Å²) >= 11 is 0. The van der Waals surface area contributed by atoms with Crippen molar-refractivity contribution in [2.75, 3.05) is 31.1 Å². The zero-order chi connectivity index (χ0) is 20.8. The van der Waals surface area contributed by atoms with Crippen LogP contribution in [0.5, 0.6) is 0 Å². The Balaban J connectivity index is 1.61. The molecule has 0 spiro atoms. The molecule has 1 aromatic rings. The van der Waals surface area contributed by atoms with Crippen LogP contribution in [0.15, 0.2) is 23.1 Å². The van der Waals surface area contributed by atoms with Gasteiger partial charge in [0.1, 0.15) is 6.04 Å². The van der Waals surface area contributed by atoms with Crippen LogP contribution in [0.4, 0.5) is 5.69 Å². The summed E-state index contributed by atoms with van der Waals surface area (Å²) in [7, 11) is -3.53. The molecule has 2 amide bonds. The first-order valence-corrected chi connectivity index (χ1v) is 11.9. The SMILES string of the molecule is CC(=O)N1c2ccc(S(=O)(=O)N3CCCC3)cc2C[C@@H]1C(=O)N1CCC(C)CC1. The molecule has 0 bridgehead atoms. The number of rotatable bonds is 3. The van der Waals surface area contributed by atoms with Crippen molar-refractivity contribution in [1.29, 1.82) is 0 Å². The predicted molar refractivity (Wildman–Crippen MR) is 110 cm³/mol. The van der Waals surface area contributed by atoms with Crippen molar-refractivity contribution in [2.45, 2.75) is 56.9 Å². The van der Waals surface area contributed by atoms with Crippen LogP contribution in [-0.4, -0.2) is 61.7 Å². The monoisotopic (exact) mass is 419 g/mol. The molecule has 29 heavy (non-hydrogen) atoms. The van der Waals surface area contributed by atoms with Gasteiger partial charge in [-0.2, -0.15) is 4.31 Å². The number of carbonyl (C=O) groups excluding carboxylic acids is 2. The van der Waals surface area contributed by atoms with Gasteiger partial charge in [-0.3, -0.25) is 14.5 Å². The van der Waals surface area contributed by atoms with Gasteiger partial charge in [-0.1, -0.05) is 6.92 Å². The van der Waals surface area contributed by atoms with Gasteiger partial charge in [0, 0.05) is 45.2 Å². The van der Waals surface area contributed by atoms with Crippen LogP contribution >= 0.6 is 0 Å². The van der Waals surface area contributed by atoms with Crippen LogP contribution in [-0.2, 0) is 26.0 Å². The number of nitrogens with zero attached hydrogens (tertiary/aromatic N) is 3. The van der Waals surface area contributed by atoms with E-state index in [0.29, 0.717) is 44.2 Å². The number of amides is 2. The molecule has 8 heteroatoms. The molecule has 4 rings (SSSR count). The van der Waals surface area contributed by atoms with Crippen molar-refractivity contribution >= 4 is 27.5 Å². The lowest BCUT2D eigenvalue weighted by Crippen LogP contribution is -2.51. The van der Waals surface area contributed by atoms with E-state index in [2.05, 4.69) is 6.92 Å². The van der Waals surface area contributed by atoms with Crippen LogP contribution < -0.4 is 4.90 Å². The highest BCUT2D eigenvalue weighted by Crippen LogP contribution is 2.36. The summed E-state index contributed by atoms with van der Waals surface area (Å²) in [5, 5.41) is 0.